The number of rotatable bonds is 10. The first kappa shape index (κ1) is 24.8. The third kappa shape index (κ3) is 7.64. The van der Waals surface area contributed by atoms with Crippen molar-refractivity contribution in [2.24, 2.45) is 0 Å². The fourth-order valence-electron chi connectivity index (χ4n) is 2.77. The third-order valence-corrected chi connectivity index (χ3v) is 5.90. The molecule has 0 spiro atoms. The summed E-state index contributed by atoms with van der Waals surface area (Å²) in [7, 11) is -3.80. The maximum Gasteiger partial charge on any atom is 0.411 e. The maximum atomic E-state index is 12.5. The zero-order chi connectivity index (χ0) is 23.1. The van der Waals surface area contributed by atoms with Gasteiger partial charge in [-0.3, -0.25) is 4.79 Å². The molecule has 0 bridgehead atoms. The summed E-state index contributed by atoms with van der Waals surface area (Å²) in [5, 5.41) is 0. The molecule has 0 aliphatic carbocycles. The van der Waals surface area contributed by atoms with E-state index in [0.29, 0.717) is 29.8 Å². The molecule has 2 aromatic rings. The summed E-state index contributed by atoms with van der Waals surface area (Å²) >= 11 is 0. The number of carbonyl (C=O) groups excluding carboxylic acids is 1. The summed E-state index contributed by atoms with van der Waals surface area (Å²) in [6, 6.07) is 12.1. The Bertz CT molecular complexity index is 956. The topological polar surface area (TPSA) is 75.7 Å². The van der Waals surface area contributed by atoms with Crippen LogP contribution >= 0.6 is 0 Å². The van der Waals surface area contributed by atoms with Gasteiger partial charge < -0.3 is 9.64 Å². The van der Waals surface area contributed by atoms with Crippen molar-refractivity contribution in [1.29, 1.82) is 0 Å². The summed E-state index contributed by atoms with van der Waals surface area (Å²) in [4.78, 5) is 14.0. The number of ether oxygens (including phenoxy) is 1. The molecule has 0 aliphatic heterocycles. The molecule has 2 aromatic carbocycles. The average molecular weight is 459 g/mol. The molecule has 10 heteroatoms. The van der Waals surface area contributed by atoms with Crippen molar-refractivity contribution >= 4 is 15.9 Å². The molecule has 0 saturated carbocycles. The molecule has 2 rings (SSSR count). The second kappa shape index (κ2) is 10.7. The highest BCUT2D eigenvalue weighted by molar-refractivity contribution is 7.89. The van der Waals surface area contributed by atoms with Crippen LogP contribution in [0.5, 0.6) is 0 Å². The largest absolute Gasteiger partial charge is 0.411 e. The van der Waals surface area contributed by atoms with Crippen LogP contribution < -0.4 is 4.72 Å². The van der Waals surface area contributed by atoms with Crippen molar-refractivity contribution in [3.05, 3.63) is 65.2 Å². The fraction of sp³-hybridized carbons (Fsp3) is 0.381. The van der Waals surface area contributed by atoms with Gasteiger partial charge in [0, 0.05) is 25.2 Å². The van der Waals surface area contributed by atoms with E-state index in [-0.39, 0.29) is 24.0 Å². The van der Waals surface area contributed by atoms with Gasteiger partial charge in [-0.15, -0.1) is 0 Å². The van der Waals surface area contributed by atoms with Gasteiger partial charge >= 0.3 is 6.18 Å². The van der Waals surface area contributed by atoms with E-state index in [4.69, 9.17) is 0 Å². The zero-order valence-electron chi connectivity index (χ0n) is 17.3. The number of sulfonamides is 1. The van der Waals surface area contributed by atoms with E-state index in [1.165, 1.54) is 24.3 Å². The summed E-state index contributed by atoms with van der Waals surface area (Å²) in [6.07, 6.45) is -4.38. The molecule has 0 unspecified atom stereocenters. The molecule has 170 valence electrons. The van der Waals surface area contributed by atoms with Gasteiger partial charge in [0.25, 0.3) is 5.91 Å². The highest BCUT2D eigenvalue weighted by Gasteiger charge is 2.27. The number of hydrogen-bond donors (Lipinski definition) is 1. The predicted molar refractivity (Wildman–Crippen MR) is 110 cm³/mol. The lowest BCUT2D eigenvalue weighted by Gasteiger charge is -2.18. The van der Waals surface area contributed by atoms with Crippen molar-refractivity contribution in [1.82, 2.24) is 9.62 Å². The van der Waals surface area contributed by atoms with Gasteiger partial charge in [0.1, 0.15) is 6.61 Å². The van der Waals surface area contributed by atoms with Crippen molar-refractivity contribution < 1.29 is 31.1 Å². The maximum absolute atomic E-state index is 12.5. The van der Waals surface area contributed by atoms with E-state index in [9.17, 15) is 26.4 Å². The lowest BCUT2D eigenvalue weighted by atomic mass is 10.1. The highest BCUT2D eigenvalue weighted by atomic mass is 32.2. The van der Waals surface area contributed by atoms with Crippen LogP contribution in [0.15, 0.2) is 53.4 Å². The number of alkyl halides is 3. The SMILES string of the molecule is CCN(CC)C(=O)c1ccc(S(=O)(=O)NCc2ccc(COCC(F)(F)F)cc2)cc1. The lowest BCUT2D eigenvalue weighted by molar-refractivity contribution is -0.176. The summed E-state index contributed by atoms with van der Waals surface area (Å²) < 4.78 is 68.3. The minimum atomic E-state index is -4.38. The molecule has 0 radical (unpaired) electrons. The molecule has 31 heavy (non-hydrogen) atoms. The van der Waals surface area contributed by atoms with Crippen LogP contribution in [0.1, 0.15) is 35.3 Å². The van der Waals surface area contributed by atoms with Gasteiger partial charge in [-0.05, 0) is 49.2 Å². The molecule has 0 atom stereocenters. The molecule has 0 fully saturated rings. The van der Waals surface area contributed by atoms with Crippen LogP contribution in [0.25, 0.3) is 0 Å². The molecule has 1 N–H and O–H groups in total. The first-order valence-corrected chi connectivity index (χ1v) is 11.2. The molecular formula is C21H25F3N2O4S. The zero-order valence-corrected chi connectivity index (χ0v) is 18.1. The van der Waals surface area contributed by atoms with Crippen molar-refractivity contribution in [3.8, 4) is 0 Å². The number of amides is 1. The number of halogens is 3. The first-order chi connectivity index (χ1) is 14.6. The van der Waals surface area contributed by atoms with Crippen molar-refractivity contribution in [2.45, 2.75) is 38.1 Å². The molecule has 0 aliphatic rings. The smallest absolute Gasteiger partial charge is 0.367 e. The standard InChI is InChI=1S/C21H25F3N2O4S/c1-3-26(4-2)20(27)18-9-11-19(12-10-18)31(28,29)25-13-16-5-7-17(8-6-16)14-30-15-21(22,23)24/h5-12,25H,3-4,13-15H2,1-2H3. The highest BCUT2D eigenvalue weighted by Crippen LogP contribution is 2.16. The Kier molecular flexibility index (Phi) is 8.60. The van der Waals surface area contributed by atoms with E-state index in [1.54, 1.807) is 29.2 Å². The Hall–Kier alpha value is -2.43. The molecule has 0 saturated heterocycles. The van der Waals surface area contributed by atoms with Gasteiger partial charge in [-0.25, -0.2) is 13.1 Å². The van der Waals surface area contributed by atoms with Crippen LogP contribution in [0.4, 0.5) is 13.2 Å². The van der Waals surface area contributed by atoms with E-state index >= 15 is 0 Å². The Morgan fingerprint density at radius 2 is 1.52 bits per heavy atom. The normalized spacial score (nSPS) is 12.0. The van der Waals surface area contributed by atoms with E-state index in [1.807, 2.05) is 13.8 Å². The van der Waals surface area contributed by atoms with Crippen molar-refractivity contribution in [3.63, 3.8) is 0 Å². The van der Waals surface area contributed by atoms with Gasteiger partial charge in [-0.2, -0.15) is 13.2 Å². The molecule has 0 aromatic heterocycles. The lowest BCUT2D eigenvalue weighted by Crippen LogP contribution is -2.30. The Morgan fingerprint density at radius 3 is 2.03 bits per heavy atom. The molecule has 0 heterocycles. The monoisotopic (exact) mass is 458 g/mol. The summed E-state index contributed by atoms with van der Waals surface area (Å²) in [5.41, 5.74) is 1.59. The third-order valence-electron chi connectivity index (χ3n) is 4.49. The van der Waals surface area contributed by atoms with Gasteiger partial charge in [-0.1, -0.05) is 24.3 Å². The number of hydrogen-bond acceptors (Lipinski definition) is 4. The van der Waals surface area contributed by atoms with E-state index in [2.05, 4.69) is 9.46 Å². The summed E-state index contributed by atoms with van der Waals surface area (Å²) in [5.74, 6) is -0.166. The van der Waals surface area contributed by atoms with Crippen LogP contribution in [-0.4, -0.2) is 45.1 Å². The Labute approximate surface area is 180 Å². The van der Waals surface area contributed by atoms with Gasteiger partial charge in [0.2, 0.25) is 10.0 Å². The molecule has 1 amide bonds. The Morgan fingerprint density at radius 1 is 0.968 bits per heavy atom. The minimum Gasteiger partial charge on any atom is -0.367 e. The van der Waals surface area contributed by atoms with Gasteiger partial charge in [0.05, 0.1) is 11.5 Å². The fourth-order valence-corrected chi connectivity index (χ4v) is 3.79. The van der Waals surface area contributed by atoms with E-state index in [0.717, 1.165) is 0 Å². The number of benzene rings is 2. The van der Waals surface area contributed by atoms with Crippen LogP contribution in [0.3, 0.4) is 0 Å². The Balaban J connectivity index is 1.94. The van der Waals surface area contributed by atoms with Crippen LogP contribution in [0, 0.1) is 0 Å². The van der Waals surface area contributed by atoms with Crippen LogP contribution in [-0.2, 0) is 27.9 Å². The number of nitrogens with one attached hydrogen (secondary N) is 1. The predicted octanol–water partition coefficient (Wildman–Crippen LogP) is 3.73. The van der Waals surface area contributed by atoms with Gasteiger partial charge in [0.15, 0.2) is 0 Å². The van der Waals surface area contributed by atoms with Crippen LogP contribution in [0.2, 0.25) is 0 Å². The number of nitrogens with zero attached hydrogens (tertiary/aromatic N) is 1. The minimum absolute atomic E-state index is 0.00610. The number of carbonyl (C=O) groups is 1. The second-order valence-corrected chi connectivity index (χ2v) is 8.52. The van der Waals surface area contributed by atoms with E-state index < -0.39 is 22.8 Å². The molecular weight excluding hydrogens is 433 g/mol. The molecule has 6 nitrogen and oxygen atoms in total. The first-order valence-electron chi connectivity index (χ1n) is 9.67. The quantitative estimate of drug-likeness (QED) is 0.589. The summed E-state index contributed by atoms with van der Waals surface area (Å²) in [6.45, 7) is 3.34. The average Bonchev–Trinajstić information content (AvgIpc) is 2.73. The second-order valence-electron chi connectivity index (χ2n) is 6.75. The van der Waals surface area contributed by atoms with Crippen molar-refractivity contribution in [2.75, 3.05) is 19.7 Å².